The van der Waals surface area contributed by atoms with Gasteiger partial charge in [-0.05, 0) is 49.7 Å². The lowest BCUT2D eigenvalue weighted by Crippen LogP contribution is -2.16. The number of aromatic nitrogens is 2. The van der Waals surface area contributed by atoms with Gasteiger partial charge in [0.2, 0.25) is 5.95 Å². The molecule has 0 saturated heterocycles. The molecule has 0 atom stereocenters. The van der Waals surface area contributed by atoms with E-state index in [2.05, 4.69) is 20.6 Å². The summed E-state index contributed by atoms with van der Waals surface area (Å²) in [6, 6.07) is 14.5. The normalized spacial score (nSPS) is 10.4. The van der Waals surface area contributed by atoms with Crippen molar-refractivity contribution in [1.82, 2.24) is 9.97 Å². The zero-order valence-corrected chi connectivity index (χ0v) is 16.0. The molecule has 7 heteroatoms. The van der Waals surface area contributed by atoms with Crippen molar-refractivity contribution in [2.24, 2.45) is 0 Å². The molecule has 1 heterocycles. The molecule has 0 saturated carbocycles. The number of ether oxygens (including phenoxy) is 1. The van der Waals surface area contributed by atoms with Crippen LogP contribution in [0.15, 0.2) is 48.5 Å². The molecule has 0 fully saturated rings. The number of rotatable bonds is 5. The maximum absolute atomic E-state index is 12.6. The Morgan fingerprint density at radius 3 is 2.56 bits per heavy atom. The molecule has 2 aromatic carbocycles. The van der Waals surface area contributed by atoms with Gasteiger partial charge in [0.1, 0.15) is 11.4 Å². The average molecular weight is 383 g/mol. The highest BCUT2D eigenvalue weighted by atomic mass is 35.5. The first-order valence-electron chi connectivity index (χ1n) is 8.29. The molecule has 0 aliphatic carbocycles. The molecule has 0 unspecified atom stereocenters. The molecular formula is C20H19ClN4O2. The summed E-state index contributed by atoms with van der Waals surface area (Å²) in [4.78, 5) is 21.2. The van der Waals surface area contributed by atoms with Crippen molar-refractivity contribution in [3.63, 3.8) is 0 Å². The molecule has 1 aromatic heterocycles. The topological polar surface area (TPSA) is 76.1 Å². The van der Waals surface area contributed by atoms with Crippen LogP contribution in [-0.4, -0.2) is 23.0 Å². The number of benzene rings is 2. The number of halogens is 1. The third-order valence-electron chi connectivity index (χ3n) is 3.89. The number of methoxy groups -OCH3 is 1. The molecular weight excluding hydrogens is 364 g/mol. The van der Waals surface area contributed by atoms with Crippen LogP contribution in [0.2, 0.25) is 5.02 Å². The Morgan fingerprint density at radius 1 is 1.07 bits per heavy atom. The third kappa shape index (κ3) is 4.54. The number of hydrogen-bond donors (Lipinski definition) is 2. The van der Waals surface area contributed by atoms with E-state index in [-0.39, 0.29) is 11.6 Å². The lowest BCUT2D eigenvalue weighted by atomic mass is 10.2. The van der Waals surface area contributed by atoms with Crippen LogP contribution in [0.25, 0.3) is 0 Å². The van der Waals surface area contributed by atoms with E-state index >= 15 is 0 Å². The fraction of sp³-hybridized carbons (Fsp3) is 0.150. The molecule has 2 N–H and O–H groups in total. The van der Waals surface area contributed by atoms with Crippen LogP contribution >= 0.6 is 11.6 Å². The maximum Gasteiger partial charge on any atom is 0.274 e. The van der Waals surface area contributed by atoms with Crippen LogP contribution < -0.4 is 15.4 Å². The number of para-hydroxylation sites is 1. The van der Waals surface area contributed by atoms with Crippen molar-refractivity contribution in [3.8, 4) is 5.75 Å². The standard InChI is InChI=1S/C20H19ClN4O2/c1-12-6-4-5-7-16(12)24-19(26)17-10-13(2)22-20(25-17)23-14-8-9-18(27-3)15(21)11-14/h4-11H,1-3H3,(H,24,26)(H,22,23,25). The van der Waals surface area contributed by atoms with Crippen LogP contribution in [0.4, 0.5) is 17.3 Å². The van der Waals surface area contributed by atoms with Crippen LogP contribution in [0.1, 0.15) is 21.7 Å². The minimum atomic E-state index is -0.300. The molecule has 138 valence electrons. The molecule has 3 rings (SSSR count). The van der Waals surface area contributed by atoms with Crippen molar-refractivity contribution in [2.45, 2.75) is 13.8 Å². The number of nitrogens with one attached hydrogen (secondary N) is 2. The molecule has 0 aliphatic heterocycles. The van der Waals surface area contributed by atoms with Gasteiger partial charge in [-0.2, -0.15) is 0 Å². The fourth-order valence-corrected chi connectivity index (χ4v) is 2.77. The summed E-state index contributed by atoms with van der Waals surface area (Å²) in [5.41, 5.74) is 3.35. The Morgan fingerprint density at radius 2 is 1.85 bits per heavy atom. The first-order valence-corrected chi connectivity index (χ1v) is 8.67. The molecule has 0 bridgehead atoms. The summed E-state index contributed by atoms with van der Waals surface area (Å²) in [6.45, 7) is 3.74. The van der Waals surface area contributed by atoms with Gasteiger partial charge < -0.3 is 15.4 Å². The number of carbonyl (C=O) groups excluding carboxylic acids is 1. The summed E-state index contributed by atoms with van der Waals surface area (Å²) >= 11 is 6.14. The average Bonchev–Trinajstić information content (AvgIpc) is 2.63. The monoisotopic (exact) mass is 382 g/mol. The van der Waals surface area contributed by atoms with Crippen LogP contribution in [0.3, 0.4) is 0 Å². The second-order valence-electron chi connectivity index (χ2n) is 5.96. The zero-order valence-electron chi connectivity index (χ0n) is 15.2. The minimum absolute atomic E-state index is 0.271. The highest BCUT2D eigenvalue weighted by molar-refractivity contribution is 6.32. The van der Waals surface area contributed by atoms with Crippen molar-refractivity contribution in [3.05, 3.63) is 70.5 Å². The van der Waals surface area contributed by atoms with Crippen molar-refractivity contribution in [2.75, 3.05) is 17.7 Å². The molecule has 0 radical (unpaired) electrons. The van der Waals surface area contributed by atoms with E-state index in [4.69, 9.17) is 16.3 Å². The quantitative estimate of drug-likeness (QED) is 0.665. The Hall–Kier alpha value is -3.12. The Kier molecular flexibility index (Phi) is 5.57. The predicted molar refractivity (Wildman–Crippen MR) is 107 cm³/mol. The zero-order chi connectivity index (χ0) is 19.4. The van der Waals surface area contributed by atoms with Gasteiger partial charge in [-0.15, -0.1) is 0 Å². The third-order valence-corrected chi connectivity index (χ3v) is 4.18. The van der Waals surface area contributed by atoms with E-state index in [9.17, 15) is 4.79 Å². The molecule has 1 amide bonds. The van der Waals surface area contributed by atoms with E-state index < -0.39 is 0 Å². The molecule has 3 aromatic rings. The number of hydrogen-bond acceptors (Lipinski definition) is 5. The highest BCUT2D eigenvalue weighted by Crippen LogP contribution is 2.28. The summed E-state index contributed by atoms with van der Waals surface area (Å²) in [6.07, 6.45) is 0. The Balaban J connectivity index is 1.82. The number of amides is 1. The van der Waals surface area contributed by atoms with E-state index in [0.717, 1.165) is 11.3 Å². The fourth-order valence-electron chi connectivity index (χ4n) is 2.51. The minimum Gasteiger partial charge on any atom is -0.495 e. The first kappa shape index (κ1) is 18.7. The lowest BCUT2D eigenvalue weighted by Gasteiger charge is -2.11. The van der Waals surface area contributed by atoms with Gasteiger partial charge in [-0.3, -0.25) is 4.79 Å². The van der Waals surface area contributed by atoms with E-state index in [1.165, 1.54) is 0 Å². The smallest absolute Gasteiger partial charge is 0.274 e. The van der Waals surface area contributed by atoms with E-state index in [0.29, 0.717) is 28.1 Å². The SMILES string of the molecule is COc1ccc(Nc2nc(C)cc(C(=O)Nc3ccccc3C)n2)cc1Cl. The second-order valence-corrected chi connectivity index (χ2v) is 6.37. The number of nitrogens with zero attached hydrogens (tertiary/aromatic N) is 2. The van der Waals surface area contributed by atoms with E-state index in [1.807, 2.05) is 31.2 Å². The summed E-state index contributed by atoms with van der Waals surface area (Å²) < 4.78 is 5.14. The van der Waals surface area contributed by atoms with Gasteiger partial charge in [-0.25, -0.2) is 9.97 Å². The largest absolute Gasteiger partial charge is 0.495 e. The van der Waals surface area contributed by atoms with Gasteiger partial charge in [-0.1, -0.05) is 29.8 Å². The molecule has 0 aliphatic rings. The Labute approximate surface area is 162 Å². The number of aryl methyl sites for hydroxylation is 2. The van der Waals surface area contributed by atoms with Gasteiger partial charge in [0, 0.05) is 17.1 Å². The first-order chi connectivity index (χ1) is 13.0. The summed E-state index contributed by atoms with van der Waals surface area (Å²) in [7, 11) is 1.55. The lowest BCUT2D eigenvalue weighted by molar-refractivity contribution is 0.102. The van der Waals surface area contributed by atoms with Gasteiger partial charge in [0.05, 0.1) is 12.1 Å². The van der Waals surface area contributed by atoms with Crippen LogP contribution in [0, 0.1) is 13.8 Å². The van der Waals surface area contributed by atoms with Crippen molar-refractivity contribution < 1.29 is 9.53 Å². The second kappa shape index (κ2) is 8.05. The van der Waals surface area contributed by atoms with Gasteiger partial charge in [0.25, 0.3) is 5.91 Å². The Bertz CT molecular complexity index is 991. The van der Waals surface area contributed by atoms with Gasteiger partial charge >= 0.3 is 0 Å². The van der Waals surface area contributed by atoms with Gasteiger partial charge in [0.15, 0.2) is 0 Å². The molecule has 0 spiro atoms. The van der Waals surface area contributed by atoms with E-state index in [1.54, 1.807) is 38.3 Å². The summed E-state index contributed by atoms with van der Waals surface area (Å²) in [5, 5.41) is 6.40. The summed E-state index contributed by atoms with van der Waals surface area (Å²) in [5.74, 6) is 0.586. The molecule has 27 heavy (non-hydrogen) atoms. The van der Waals surface area contributed by atoms with Crippen LogP contribution in [-0.2, 0) is 0 Å². The number of carbonyl (C=O) groups is 1. The van der Waals surface area contributed by atoms with Crippen molar-refractivity contribution >= 4 is 34.8 Å². The highest BCUT2D eigenvalue weighted by Gasteiger charge is 2.12. The number of anilines is 3. The van der Waals surface area contributed by atoms with Crippen LogP contribution in [0.5, 0.6) is 5.75 Å². The predicted octanol–water partition coefficient (Wildman–Crippen LogP) is 4.75. The molecule has 6 nitrogen and oxygen atoms in total. The van der Waals surface area contributed by atoms with Crippen molar-refractivity contribution in [1.29, 1.82) is 0 Å². The maximum atomic E-state index is 12.6.